The van der Waals surface area contributed by atoms with Gasteiger partial charge in [-0.3, -0.25) is 9.59 Å². The largest absolute Gasteiger partial charge is 0.416 e. The number of benzene rings is 1. The molecule has 1 aromatic rings. The topological polar surface area (TPSA) is 66.6 Å². The number of hydrogen-bond acceptors (Lipinski definition) is 3. The highest BCUT2D eigenvalue weighted by Crippen LogP contribution is 2.29. The van der Waals surface area contributed by atoms with E-state index in [2.05, 4.69) is 0 Å². The van der Waals surface area contributed by atoms with Crippen LogP contribution in [0, 0.1) is 5.92 Å². The lowest BCUT2D eigenvalue weighted by atomic mass is 10.1. The molecule has 1 aliphatic rings. The van der Waals surface area contributed by atoms with Gasteiger partial charge in [-0.15, -0.1) is 0 Å². The molecule has 132 valence electrons. The monoisotopic (exact) mass is 343 g/mol. The molecular weight excluding hydrogens is 323 g/mol. The Hall–Kier alpha value is -2.09. The Balaban J connectivity index is 2.02. The van der Waals surface area contributed by atoms with Crippen molar-refractivity contribution in [3.05, 3.63) is 35.4 Å². The van der Waals surface area contributed by atoms with Gasteiger partial charge in [0, 0.05) is 44.2 Å². The third-order valence-corrected chi connectivity index (χ3v) is 4.09. The van der Waals surface area contributed by atoms with Crippen molar-refractivity contribution in [2.45, 2.75) is 13.1 Å². The Labute approximate surface area is 138 Å². The molecular formula is C16H20F3N3O2. The summed E-state index contributed by atoms with van der Waals surface area (Å²) in [7, 11) is 0. The zero-order valence-corrected chi connectivity index (χ0v) is 13.3. The Morgan fingerprint density at radius 3 is 2.29 bits per heavy atom. The molecule has 1 fully saturated rings. The minimum atomic E-state index is -4.49. The lowest BCUT2D eigenvalue weighted by Gasteiger charge is -2.36. The molecule has 2 amide bonds. The molecule has 1 heterocycles. The van der Waals surface area contributed by atoms with Crippen LogP contribution in [-0.4, -0.2) is 54.3 Å². The van der Waals surface area contributed by atoms with Gasteiger partial charge in [-0.2, -0.15) is 13.2 Å². The predicted octanol–water partition coefficient (Wildman–Crippen LogP) is 1.58. The maximum absolute atomic E-state index is 12.7. The SMILES string of the molecule is CC(CN)C(=O)N1CCN(C(=O)c2cccc(C(F)(F)F)c2)CC1. The lowest BCUT2D eigenvalue weighted by Crippen LogP contribution is -2.52. The molecule has 2 rings (SSSR count). The maximum Gasteiger partial charge on any atom is 0.416 e. The van der Waals surface area contributed by atoms with Crippen molar-refractivity contribution < 1.29 is 22.8 Å². The van der Waals surface area contributed by atoms with Crippen molar-refractivity contribution in [3.63, 3.8) is 0 Å². The van der Waals surface area contributed by atoms with Crippen LogP contribution in [0.1, 0.15) is 22.8 Å². The van der Waals surface area contributed by atoms with Crippen molar-refractivity contribution >= 4 is 11.8 Å². The molecule has 0 aromatic heterocycles. The molecule has 0 saturated carbocycles. The Morgan fingerprint density at radius 1 is 1.17 bits per heavy atom. The normalized spacial score (nSPS) is 16.9. The highest BCUT2D eigenvalue weighted by Gasteiger charge is 2.32. The molecule has 0 spiro atoms. The van der Waals surface area contributed by atoms with Crippen LogP contribution in [-0.2, 0) is 11.0 Å². The standard InChI is InChI=1S/C16H20F3N3O2/c1-11(10-20)14(23)21-5-7-22(8-6-21)15(24)12-3-2-4-13(9-12)16(17,18)19/h2-4,9,11H,5-8,10,20H2,1H3. The average Bonchev–Trinajstić information content (AvgIpc) is 2.59. The first-order valence-electron chi connectivity index (χ1n) is 7.69. The highest BCUT2D eigenvalue weighted by molar-refractivity contribution is 5.94. The Morgan fingerprint density at radius 2 is 1.75 bits per heavy atom. The minimum Gasteiger partial charge on any atom is -0.339 e. The molecule has 1 unspecified atom stereocenters. The number of halogens is 3. The first kappa shape index (κ1) is 18.3. The number of nitrogens with two attached hydrogens (primary N) is 1. The second-order valence-corrected chi connectivity index (χ2v) is 5.83. The average molecular weight is 343 g/mol. The van der Waals surface area contributed by atoms with Gasteiger partial charge in [-0.05, 0) is 18.2 Å². The van der Waals surface area contributed by atoms with E-state index in [0.29, 0.717) is 13.1 Å². The van der Waals surface area contributed by atoms with E-state index in [0.717, 1.165) is 12.1 Å². The number of rotatable bonds is 3. The van der Waals surface area contributed by atoms with E-state index in [1.807, 2.05) is 0 Å². The third-order valence-electron chi connectivity index (χ3n) is 4.09. The Kier molecular flexibility index (Phi) is 5.48. The van der Waals surface area contributed by atoms with E-state index in [1.54, 1.807) is 11.8 Å². The molecule has 1 saturated heterocycles. The van der Waals surface area contributed by atoms with Crippen LogP contribution in [0.25, 0.3) is 0 Å². The fourth-order valence-electron chi connectivity index (χ4n) is 2.55. The first-order valence-corrected chi connectivity index (χ1v) is 7.69. The van der Waals surface area contributed by atoms with Gasteiger partial charge in [-0.25, -0.2) is 0 Å². The first-order chi connectivity index (χ1) is 11.2. The van der Waals surface area contributed by atoms with Crippen molar-refractivity contribution in [1.82, 2.24) is 9.80 Å². The fraction of sp³-hybridized carbons (Fsp3) is 0.500. The number of alkyl halides is 3. The van der Waals surface area contributed by atoms with Crippen LogP contribution >= 0.6 is 0 Å². The van der Waals surface area contributed by atoms with Crippen molar-refractivity contribution in [2.75, 3.05) is 32.7 Å². The van der Waals surface area contributed by atoms with Gasteiger partial charge < -0.3 is 15.5 Å². The Bertz CT molecular complexity index is 611. The summed E-state index contributed by atoms with van der Waals surface area (Å²) in [5, 5.41) is 0. The molecule has 2 N–H and O–H groups in total. The van der Waals surface area contributed by atoms with Crippen LogP contribution in [0.15, 0.2) is 24.3 Å². The van der Waals surface area contributed by atoms with Gasteiger partial charge >= 0.3 is 6.18 Å². The molecule has 0 radical (unpaired) electrons. The molecule has 1 aromatic carbocycles. The summed E-state index contributed by atoms with van der Waals surface area (Å²) >= 11 is 0. The summed E-state index contributed by atoms with van der Waals surface area (Å²) in [5.41, 5.74) is 4.63. The number of amides is 2. The molecule has 8 heteroatoms. The minimum absolute atomic E-state index is 0.0000669. The van der Waals surface area contributed by atoms with E-state index in [9.17, 15) is 22.8 Å². The number of carbonyl (C=O) groups is 2. The maximum atomic E-state index is 12.7. The molecule has 1 atom stereocenters. The van der Waals surface area contributed by atoms with Gasteiger partial charge in [0.05, 0.1) is 5.56 Å². The number of nitrogens with zero attached hydrogens (tertiary/aromatic N) is 2. The van der Waals surface area contributed by atoms with Crippen molar-refractivity contribution in [3.8, 4) is 0 Å². The second-order valence-electron chi connectivity index (χ2n) is 5.83. The van der Waals surface area contributed by atoms with E-state index < -0.39 is 17.6 Å². The van der Waals surface area contributed by atoms with Gasteiger partial charge in [-0.1, -0.05) is 13.0 Å². The number of piperazine rings is 1. The van der Waals surface area contributed by atoms with Crippen LogP contribution in [0.5, 0.6) is 0 Å². The van der Waals surface area contributed by atoms with E-state index in [-0.39, 0.29) is 37.0 Å². The summed E-state index contributed by atoms with van der Waals surface area (Å²) in [6.07, 6.45) is -4.49. The highest BCUT2D eigenvalue weighted by atomic mass is 19.4. The van der Waals surface area contributed by atoms with Crippen LogP contribution in [0.2, 0.25) is 0 Å². The molecule has 0 aliphatic carbocycles. The molecule has 5 nitrogen and oxygen atoms in total. The molecule has 24 heavy (non-hydrogen) atoms. The van der Waals surface area contributed by atoms with Crippen molar-refractivity contribution in [1.29, 1.82) is 0 Å². The third kappa shape index (κ3) is 4.05. The zero-order valence-electron chi connectivity index (χ0n) is 13.3. The summed E-state index contributed by atoms with van der Waals surface area (Å²) < 4.78 is 38.2. The van der Waals surface area contributed by atoms with E-state index in [1.165, 1.54) is 17.0 Å². The molecule has 1 aliphatic heterocycles. The van der Waals surface area contributed by atoms with Crippen molar-refractivity contribution in [2.24, 2.45) is 11.7 Å². The molecule has 0 bridgehead atoms. The van der Waals surface area contributed by atoms with Gasteiger partial charge in [0.15, 0.2) is 0 Å². The van der Waals surface area contributed by atoms with Gasteiger partial charge in [0.2, 0.25) is 5.91 Å². The summed E-state index contributed by atoms with van der Waals surface area (Å²) in [6, 6.07) is 4.38. The summed E-state index contributed by atoms with van der Waals surface area (Å²) in [6.45, 7) is 3.28. The quantitative estimate of drug-likeness (QED) is 0.906. The second kappa shape index (κ2) is 7.21. The lowest BCUT2D eigenvalue weighted by molar-refractivity contribution is -0.138. The smallest absolute Gasteiger partial charge is 0.339 e. The zero-order chi connectivity index (χ0) is 17.9. The van der Waals surface area contributed by atoms with Crippen LogP contribution in [0.3, 0.4) is 0 Å². The van der Waals surface area contributed by atoms with Crippen LogP contribution < -0.4 is 5.73 Å². The number of hydrogen-bond donors (Lipinski definition) is 1. The van der Waals surface area contributed by atoms with Gasteiger partial charge in [0.1, 0.15) is 0 Å². The summed E-state index contributed by atoms with van der Waals surface area (Å²) in [5.74, 6) is -0.806. The van der Waals surface area contributed by atoms with Crippen LogP contribution in [0.4, 0.5) is 13.2 Å². The predicted molar refractivity (Wildman–Crippen MR) is 82.1 cm³/mol. The fourth-order valence-corrected chi connectivity index (χ4v) is 2.55. The van der Waals surface area contributed by atoms with E-state index in [4.69, 9.17) is 5.73 Å². The summed E-state index contributed by atoms with van der Waals surface area (Å²) in [4.78, 5) is 27.5. The number of carbonyl (C=O) groups excluding carboxylic acids is 2. The van der Waals surface area contributed by atoms with E-state index >= 15 is 0 Å². The van der Waals surface area contributed by atoms with Gasteiger partial charge in [0.25, 0.3) is 5.91 Å².